The van der Waals surface area contributed by atoms with E-state index in [-0.39, 0.29) is 12.0 Å². The quantitative estimate of drug-likeness (QED) is 0.529. The van der Waals surface area contributed by atoms with Crippen LogP contribution in [0.3, 0.4) is 0 Å². The summed E-state index contributed by atoms with van der Waals surface area (Å²) >= 11 is 5.33. The summed E-state index contributed by atoms with van der Waals surface area (Å²) in [6.07, 6.45) is -10.0. The van der Waals surface area contributed by atoms with Gasteiger partial charge in [0.2, 0.25) is 0 Å². The Morgan fingerprint density at radius 2 is 1.33 bits per heavy atom. The maximum atomic E-state index is 12.7. The largest absolute Gasteiger partial charge is 0.416 e. The Kier molecular flexibility index (Phi) is 4.20. The SMILES string of the molecule is CCc1c(C(F)(F)F)cc(CCl)cc1C(F)(F)F. The minimum Gasteiger partial charge on any atom is -0.166 e. The summed E-state index contributed by atoms with van der Waals surface area (Å²) in [6, 6.07) is 1.34. The highest BCUT2D eigenvalue weighted by Crippen LogP contribution is 2.40. The van der Waals surface area contributed by atoms with Crippen molar-refractivity contribution in [1.29, 1.82) is 0 Å². The molecule has 0 aliphatic heterocycles. The molecule has 0 heterocycles. The molecule has 0 nitrogen and oxygen atoms in total. The third kappa shape index (κ3) is 3.10. The molecule has 0 amide bonds. The predicted octanol–water partition coefficient (Wildman–Crippen LogP) is 5.03. The van der Waals surface area contributed by atoms with Crippen molar-refractivity contribution in [2.24, 2.45) is 0 Å². The molecule has 0 aliphatic carbocycles. The number of benzene rings is 1. The fourth-order valence-corrected chi connectivity index (χ4v) is 1.85. The Morgan fingerprint density at radius 3 is 1.56 bits per heavy atom. The van der Waals surface area contributed by atoms with Gasteiger partial charge in [-0.25, -0.2) is 0 Å². The highest BCUT2D eigenvalue weighted by molar-refractivity contribution is 6.17. The monoisotopic (exact) mass is 290 g/mol. The summed E-state index contributed by atoms with van der Waals surface area (Å²) in [5.41, 5.74) is -3.48. The van der Waals surface area contributed by atoms with Crippen molar-refractivity contribution in [3.05, 3.63) is 34.4 Å². The van der Waals surface area contributed by atoms with Crippen LogP contribution in [0.25, 0.3) is 0 Å². The van der Waals surface area contributed by atoms with Gasteiger partial charge in [-0.15, -0.1) is 11.6 Å². The zero-order valence-electron chi connectivity index (χ0n) is 9.21. The summed E-state index contributed by atoms with van der Waals surface area (Å²) in [7, 11) is 0. The molecule has 7 heteroatoms. The van der Waals surface area contributed by atoms with Crippen molar-refractivity contribution in [1.82, 2.24) is 0 Å². The van der Waals surface area contributed by atoms with E-state index in [2.05, 4.69) is 0 Å². The van der Waals surface area contributed by atoms with Crippen LogP contribution in [0.4, 0.5) is 26.3 Å². The van der Waals surface area contributed by atoms with Gasteiger partial charge in [-0.3, -0.25) is 0 Å². The molecule has 0 atom stereocenters. The number of alkyl halides is 7. The van der Waals surface area contributed by atoms with E-state index in [1.54, 1.807) is 0 Å². The zero-order chi connectivity index (χ0) is 14.1. The molecule has 0 spiro atoms. The van der Waals surface area contributed by atoms with E-state index in [1.165, 1.54) is 6.92 Å². The summed E-state index contributed by atoms with van der Waals surface area (Å²) < 4.78 is 76.3. The highest BCUT2D eigenvalue weighted by atomic mass is 35.5. The zero-order valence-corrected chi connectivity index (χ0v) is 9.97. The lowest BCUT2D eigenvalue weighted by molar-refractivity contribution is -0.144. The van der Waals surface area contributed by atoms with E-state index < -0.39 is 34.9 Å². The van der Waals surface area contributed by atoms with Crippen LogP contribution in [0, 0.1) is 0 Å². The molecule has 0 aliphatic rings. The first-order valence-corrected chi connectivity index (χ1v) is 5.50. The lowest BCUT2D eigenvalue weighted by Gasteiger charge is -2.19. The third-order valence-electron chi connectivity index (χ3n) is 2.43. The third-order valence-corrected chi connectivity index (χ3v) is 2.74. The van der Waals surface area contributed by atoms with Crippen molar-refractivity contribution >= 4 is 11.6 Å². The number of hydrogen-bond donors (Lipinski definition) is 0. The molecule has 0 aromatic heterocycles. The van der Waals surface area contributed by atoms with Crippen LogP contribution in [-0.4, -0.2) is 0 Å². The molecule has 1 rings (SSSR count). The van der Waals surface area contributed by atoms with Crippen LogP contribution in [0.1, 0.15) is 29.2 Å². The molecule has 1 aromatic rings. The Balaban J connectivity index is 3.61. The molecule has 18 heavy (non-hydrogen) atoms. The minimum atomic E-state index is -4.83. The van der Waals surface area contributed by atoms with Gasteiger partial charge in [0.25, 0.3) is 0 Å². The second-order valence-electron chi connectivity index (χ2n) is 3.65. The van der Waals surface area contributed by atoms with E-state index >= 15 is 0 Å². The van der Waals surface area contributed by atoms with E-state index in [0.29, 0.717) is 12.1 Å². The molecule has 1 aromatic carbocycles. The van der Waals surface area contributed by atoms with Crippen molar-refractivity contribution in [3.8, 4) is 0 Å². The smallest absolute Gasteiger partial charge is 0.166 e. The van der Waals surface area contributed by atoms with E-state index in [0.717, 1.165) is 0 Å². The Labute approximate surface area is 105 Å². The molecular formula is C11H9ClF6. The van der Waals surface area contributed by atoms with Crippen LogP contribution in [-0.2, 0) is 24.7 Å². The first-order chi connectivity index (χ1) is 8.11. The van der Waals surface area contributed by atoms with Crippen LogP contribution < -0.4 is 0 Å². The predicted molar refractivity (Wildman–Crippen MR) is 55.4 cm³/mol. The Hall–Kier alpha value is -0.910. The van der Waals surface area contributed by atoms with Gasteiger partial charge in [0, 0.05) is 5.88 Å². The van der Waals surface area contributed by atoms with Gasteiger partial charge in [-0.05, 0) is 29.7 Å². The molecule has 0 N–H and O–H groups in total. The topological polar surface area (TPSA) is 0 Å². The first kappa shape index (κ1) is 15.1. The van der Waals surface area contributed by atoms with Gasteiger partial charge in [-0.1, -0.05) is 6.92 Å². The van der Waals surface area contributed by atoms with Gasteiger partial charge < -0.3 is 0 Å². The molecule has 0 saturated carbocycles. The van der Waals surface area contributed by atoms with Gasteiger partial charge in [-0.2, -0.15) is 26.3 Å². The Bertz CT molecular complexity index is 397. The molecule has 0 radical (unpaired) electrons. The second-order valence-corrected chi connectivity index (χ2v) is 3.92. The summed E-state index contributed by atoms with van der Waals surface area (Å²) in [5.74, 6) is -0.407. The average molecular weight is 291 g/mol. The van der Waals surface area contributed by atoms with Crippen LogP contribution in [0.15, 0.2) is 12.1 Å². The van der Waals surface area contributed by atoms with Gasteiger partial charge in [0.1, 0.15) is 0 Å². The minimum absolute atomic E-state index is 0.200. The van der Waals surface area contributed by atoms with Crippen molar-refractivity contribution in [2.75, 3.05) is 0 Å². The lowest BCUT2D eigenvalue weighted by Crippen LogP contribution is -2.17. The van der Waals surface area contributed by atoms with E-state index in [1.807, 2.05) is 0 Å². The van der Waals surface area contributed by atoms with E-state index in [4.69, 9.17) is 11.6 Å². The first-order valence-electron chi connectivity index (χ1n) is 4.97. The second kappa shape index (κ2) is 4.99. The van der Waals surface area contributed by atoms with Gasteiger partial charge in [0.15, 0.2) is 0 Å². The summed E-state index contributed by atoms with van der Waals surface area (Å²) in [5, 5.41) is 0. The molecule has 0 saturated heterocycles. The number of halogens is 7. The molecule has 0 fully saturated rings. The highest BCUT2D eigenvalue weighted by Gasteiger charge is 2.40. The van der Waals surface area contributed by atoms with Gasteiger partial charge in [0.05, 0.1) is 11.1 Å². The standard InChI is InChI=1S/C11H9ClF6/c1-2-7-8(10(13,14)15)3-6(5-12)4-9(7)11(16,17)18/h3-4H,2,5H2,1H3. The molecular weight excluding hydrogens is 282 g/mol. The van der Waals surface area contributed by atoms with Crippen LogP contribution in [0.2, 0.25) is 0 Å². The normalized spacial score (nSPS) is 12.9. The lowest BCUT2D eigenvalue weighted by atomic mass is 9.95. The number of hydrogen-bond acceptors (Lipinski definition) is 0. The van der Waals surface area contributed by atoms with Crippen LogP contribution >= 0.6 is 11.6 Å². The van der Waals surface area contributed by atoms with Crippen molar-refractivity contribution < 1.29 is 26.3 Å². The van der Waals surface area contributed by atoms with E-state index in [9.17, 15) is 26.3 Å². The molecule has 0 unspecified atom stereocenters. The maximum Gasteiger partial charge on any atom is 0.416 e. The van der Waals surface area contributed by atoms with Gasteiger partial charge >= 0.3 is 12.4 Å². The average Bonchev–Trinajstić information content (AvgIpc) is 2.24. The maximum absolute atomic E-state index is 12.7. The molecule has 0 bridgehead atoms. The fraction of sp³-hybridized carbons (Fsp3) is 0.455. The summed E-state index contributed by atoms with van der Waals surface area (Å²) in [4.78, 5) is 0. The summed E-state index contributed by atoms with van der Waals surface area (Å²) in [6.45, 7) is 1.25. The Morgan fingerprint density at radius 1 is 0.944 bits per heavy atom. The number of rotatable bonds is 2. The van der Waals surface area contributed by atoms with Crippen molar-refractivity contribution in [2.45, 2.75) is 31.6 Å². The fourth-order valence-electron chi connectivity index (χ4n) is 1.70. The van der Waals surface area contributed by atoms with Crippen molar-refractivity contribution in [3.63, 3.8) is 0 Å². The van der Waals surface area contributed by atoms with Crippen LogP contribution in [0.5, 0.6) is 0 Å². The molecule has 102 valence electrons.